The Labute approximate surface area is 82.5 Å². The van der Waals surface area contributed by atoms with E-state index in [1.165, 1.54) is 25.7 Å². The first kappa shape index (κ1) is 9.24. The van der Waals surface area contributed by atoms with Crippen LogP contribution in [0.1, 0.15) is 36.2 Å². The molecule has 1 saturated carbocycles. The Bertz CT molecular complexity index is 327. The summed E-state index contributed by atoms with van der Waals surface area (Å²) < 4.78 is 1.61. The maximum absolute atomic E-state index is 10.8. The number of carboxylic acids is 1. The molecule has 1 heterocycles. The molecule has 0 aromatic carbocycles. The molecule has 0 atom stereocenters. The van der Waals surface area contributed by atoms with Crippen LogP contribution in [-0.2, 0) is 6.54 Å². The van der Waals surface area contributed by atoms with Crippen LogP contribution in [0, 0.1) is 5.92 Å². The SMILES string of the molecule is O=C(O)c1ccnn1CC1CCCC1. The number of rotatable bonds is 3. The molecule has 0 bridgehead atoms. The molecule has 1 N–H and O–H groups in total. The second-order valence-electron chi connectivity index (χ2n) is 3.85. The number of hydrogen-bond acceptors (Lipinski definition) is 2. The Balaban J connectivity index is 2.07. The molecule has 76 valence electrons. The molecule has 14 heavy (non-hydrogen) atoms. The van der Waals surface area contributed by atoms with Crippen LogP contribution in [0.4, 0.5) is 0 Å². The van der Waals surface area contributed by atoms with E-state index in [-0.39, 0.29) is 0 Å². The minimum absolute atomic E-state index is 0.303. The van der Waals surface area contributed by atoms with E-state index in [1.54, 1.807) is 16.9 Å². The average molecular weight is 194 g/mol. The lowest BCUT2D eigenvalue weighted by Gasteiger charge is -2.10. The molecule has 4 heteroatoms. The van der Waals surface area contributed by atoms with Crippen LogP contribution < -0.4 is 0 Å². The van der Waals surface area contributed by atoms with Gasteiger partial charge in [0.2, 0.25) is 0 Å². The fraction of sp³-hybridized carbons (Fsp3) is 0.600. The first-order chi connectivity index (χ1) is 6.77. The lowest BCUT2D eigenvalue weighted by atomic mass is 10.1. The van der Waals surface area contributed by atoms with E-state index in [0.717, 1.165) is 6.54 Å². The predicted octanol–water partition coefficient (Wildman–Crippen LogP) is 1.77. The summed E-state index contributed by atoms with van der Waals surface area (Å²) in [7, 11) is 0. The summed E-state index contributed by atoms with van der Waals surface area (Å²) in [5.74, 6) is -0.270. The highest BCUT2D eigenvalue weighted by molar-refractivity contribution is 5.85. The van der Waals surface area contributed by atoms with Gasteiger partial charge >= 0.3 is 5.97 Å². The Kier molecular flexibility index (Phi) is 2.52. The summed E-state index contributed by atoms with van der Waals surface area (Å²) in [5, 5.41) is 12.9. The standard InChI is InChI=1S/C10H14N2O2/c13-10(14)9-5-6-11-12(9)7-8-3-1-2-4-8/h5-6,8H,1-4,7H2,(H,13,14). The third-order valence-corrected chi connectivity index (χ3v) is 2.84. The summed E-state index contributed by atoms with van der Waals surface area (Å²) >= 11 is 0. The van der Waals surface area contributed by atoms with Gasteiger partial charge < -0.3 is 5.11 Å². The van der Waals surface area contributed by atoms with E-state index in [9.17, 15) is 4.79 Å². The van der Waals surface area contributed by atoms with Crippen molar-refractivity contribution in [3.63, 3.8) is 0 Å². The molecule has 4 nitrogen and oxygen atoms in total. The first-order valence-electron chi connectivity index (χ1n) is 5.02. The monoisotopic (exact) mass is 194 g/mol. The average Bonchev–Trinajstić information content (AvgIpc) is 2.75. The maximum Gasteiger partial charge on any atom is 0.354 e. The van der Waals surface area contributed by atoms with Crippen molar-refractivity contribution >= 4 is 5.97 Å². The topological polar surface area (TPSA) is 55.1 Å². The van der Waals surface area contributed by atoms with Crippen molar-refractivity contribution in [2.45, 2.75) is 32.2 Å². The number of nitrogens with zero attached hydrogens (tertiary/aromatic N) is 2. The van der Waals surface area contributed by atoms with Crippen molar-refractivity contribution in [3.8, 4) is 0 Å². The zero-order valence-corrected chi connectivity index (χ0v) is 8.02. The molecule has 1 aromatic rings. The van der Waals surface area contributed by atoms with Crippen LogP contribution in [-0.4, -0.2) is 20.9 Å². The fourth-order valence-corrected chi connectivity index (χ4v) is 2.10. The van der Waals surface area contributed by atoms with E-state index in [1.807, 2.05) is 0 Å². The highest BCUT2D eigenvalue weighted by Gasteiger charge is 2.18. The van der Waals surface area contributed by atoms with Crippen LogP contribution in [0.15, 0.2) is 12.3 Å². The molecule has 0 aliphatic heterocycles. The molecule has 2 rings (SSSR count). The van der Waals surface area contributed by atoms with Gasteiger partial charge in [-0.15, -0.1) is 0 Å². The molecule has 1 aliphatic rings. The van der Waals surface area contributed by atoms with Crippen LogP contribution >= 0.6 is 0 Å². The highest BCUT2D eigenvalue weighted by atomic mass is 16.4. The van der Waals surface area contributed by atoms with Crippen molar-refractivity contribution in [1.29, 1.82) is 0 Å². The lowest BCUT2D eigenvalue weighted by Crippen LogP contribution is -2.14. The molecule has 1 fully saturated rings. The van der Waals surface area contributed by atoms with Gasteiger partial charge in [-0.25, -0.2) is 4.79 Å². The minimum atomic E-state index is -0.888. The lowest BCUT2D eigenvalue weighted by molar-refractivity contribution is 0.0682. The molecule has 0 spiro atoms. The second kappa shape index (κ2) is 3.82. The van der Waals surface area contributed by atoms with Gasteiger partial charge in [-0.05, 0) is 24.8 Å². The first-order valence-corrected chi connectivity index (χ1v) is 5.02. The van der Waals surface area contributed by atoms with Crippen molar-refractivity contribution in [2.75, 3.05) is 0 Å². The summed E-state index contributed by atoms with van der Waals surface area (Å²) in [6.45, 7) is 0.759. The Hall–Kier alpha value is -1.32. The van der Waals surface area contributed by atoms with Crippen LogP contribution in [0.2, 0.25) is 0 Å². The molecule has 1 aliphatic carbocycles. The second-order valence-corrected chi connectivity index (χ2v) is 3.85. The van der Waals surface area contributed by atoms with E-state index in [0.29, 0.717) is 11.6 Å². The molecule has 0 saturated heterocycles. The zero-order chi connectivity index (χ0) is 9.97. The molecular formula is C10H14N2O2. The highest BCUT2D eigenvalue weighted by Crippen LogP contribution is 2.26. The summed E-state index contributed by atoms with van der Waals surface area (Å²) in [6, 6.07) is 1.55. The van der Waals surface area contributed by atoms with Crippen LogP contribution in [0.3, 0.4) is 0 Å². The summed E-state index contributed by atoms with van der Waals surface area (Å²) in [4.78, 5) is 10.8. The number of carboxylic acid groups (broad SMARTS) is 1. The Morgan fingerprint density at radius 2 is 2.29 bits per heavy atom. The van der Waals surface area contributed by atoms with Gasteiger partial charge in [-0.2, -0.15) is 5.10 Å². The predicted molar refractivity (Wildman–Crippen MR) is 51.1 cm³/mol. The van der Waals surface area contributed by atoms with E-state index in [2.05, 4.69) is 5.10 Å². The third kappa shape index (κ3) is 1.78. The maximum atomic E-state index is 10.8. The smallest absolute Gasteiger partial charge is 0.354 e. The Morgan fingerprint density at radius 3 is 2.93 bits per heavy atom. The molecular weight excluding hydrogens is 180 g/mol. The minimum Gasteiger partial charge on any atom is -0.477 e. The molecule has 1 aromatic heterocycles. The third-order valence-electron chi connectivity index (χ3n) is 2.84. The number of carbonyl (C=O) groups is 1. The van der Waals surface area contributed by atoms with Crippen molar-refractivity contribution in [3.05, 3.63) is 18.0 Å². The van der Waals surface area contributed by atoms with E-state index < -0.39 is 5.97 Å². The molecule has 0 unspecified atom stereocenters. The largest absolute Gasteiger partial charge is 0.477 e. The van der Waals surface area contributed by atoms with Crippen molar-refractivity contribution in [1.82, 2.24) is 9.78 Å². The Morgan fingerprint density at radius 1 is 1.57 bits per heavy atom. The number of hydrogen-bond donors (Lipinski definition) is 1. The quantitative estimate of drug-likeness (QED) is 0.797. The van der Waals surface area contributed by atoms with Gasteiger partial charge in [0.1, 0.15) is 5.69 Å². The number of aromatic carboxylic acids is 1. The van der Waals surface area contributed by atoms with Crippen molar-refractivity contribution < 1.29 is 9.90 Å². The fourth-order valence-electron chi connectivity index (χ4n) is 2.10. The van der Waals surface area contributed by atoms with Gasteiger partial charge in [-0.1, -0.05) is 12.8 Å². The summed E-state index contributed by atoms with van der Waals surface area (Å²) in [6.07, 6.45) is 6.51. The molecule has 0 radical (unpaired) electrons. The normalized spacial score (nSPS) is 17.4. The van der Waals surface area contributed by atoms with Gasteiger partial charge in [0.25, 0.3) is 0 Å². The van der Waals surface area contributed by atoms with Gasteiger partial charge in [0.15, 0.2) is 0 Å². The van der Waals surface area contributed by atoms with Crippen LogP contribution in [0.5, 0.6) is 0 Å². The summed E-state index contributed by atoms with van der Waals surface area (Å²) in [5.41, 5.74) is 0.303. The van der Waals surface area contributed by atoms with Gasteiger partial charge in [0, 0.05) is 12.7 Å². The van der Waals surface area contributed by atoms with Crippen LogP contribution in [0.25, 0.3) is 0 Å². The van der Waals surface area contributed by atoms with E-state index >= 15 is 0 Å². The van der Waals surface area contributed by atoms with E-state index in [4.69, 9.17) is 5.11 Å². The zero-order valence-electron chi connectivity index (χ0n) is 8.02. The van der Waals surface area contributed by atoms with Gasteiger partial charge in [0.05, 0.1) is 0 Å². The number of aromatic nitrogens is 2. The molecule has 0 amide bonds. The van der Waals surface area contributed by atoms with Crippen molar-refractivity contribution in [2.24, 2.45) is 5.92 Å². The van der Waals surface area contributed by atoms with Gasteiger partial charge in [-0.3, -0.25) is 4.68 Å².